The van der Waals surface area contributed by atoms with E-state index in [9.17, 15) is 14.4 Å². The molecular formula is C14H19N3O4. The van der Waals surface area contributed by atoms with Gasteiger partial charge in [0.1, 0.15) is 5.69 Å². The first-order valence-electron chi connectivity index (χ1n) is 6.46. The molecule has 114 valence electrons. The van der Waals surface area contributed by atoms with Crippen LogP contribution in [0.15, 0.2) is 12.1 Å². The number of nitrogens with zero attached hydrogens (tertiary/aromatic N) is 2. The molecule has 0 saturated heterocycles. The average Bonchev–Trinajstić information content (AvgIpc) is 2.44. The smallest absolute Gasteiger partial charge is 0.337 e. The van der Waals surface area contributed by atoms with Gasteiger partial charge in [0.25, 0.3) is 5.91 Å². The molecule has 1 unspecified atom stereocenters. The molecule has 0 fully saturated rings. The number of amides is 2. The van der Waals surface area contributed by atoms with Crippen molar-refractivity contribution in [1.82, 2.24) is 15.2 Å². The van der Waals surface area contributed by atoms with E-state index in [1.54, 1.807) is 14.0 Å². The van der Waals surface area contributed by atoms with Gasteiger partial charge in [-0.2, -0.15) is 0 Å². The minimum absolute atomic E-state index is 0.0629. The molecule has 7 nitrogen and oxygen atoms in total. The van der Waals surface area contributed by atoms with E-state index >= 15 is 0 Å². The van der Waals surface area contributed by atoms with E-state index in [4.69, 9.17) is 5.11 Å². The third kappa shape index (κ3) is 4.01. The molecule has 0 aliphatic heterocycles. The van der Waals surface area contributed by atoms with E-state index in [0.29, 0.717) is 0 Å². The van der Waals surface area contributed by atoms with Gasteiger partial charge in [0.2, 0.25) is 5.91 Å². The summed E-state index contributed by atoms with van der Waals surface area (Å²) in [6.45, 7) is 3.50. The van der Waals surface area contributed by atoms with Crippen molar-refractivity contribution in [3.05, 3.63) is 29.1 Å². The van der Waals surface area contributed by atoms with Gasteiger partial charge in [-0.15, -0.1) is 0 Å². The van der Waals surface area contributed by atoms with E-state index in [1.165, 1.54) is 31.0 Å². The Bertz CT molecular complexity index is 571. The van der Waals surface area contributed by atoms with Gasteiger partial charge in [-0.3, -0.25) is 9.59 Å². The van der Waals surface area contributed by atoms with E-state index in [-0.39, 0.29) is 41.2 Å². The van der Waals surface area contributed by atoms with Gasteiger partial charge in [0, 0.05) is 20.6 Å². The van der Waals surface area contributed by atoms with Gasteiger partial charge >= 0.3 is 5.97 Å². The number of rotatable bonds is 5. The highest BCUT2D eigenvalue weighted by molar-refractivity contribution is 5.94. The van der Waals surface area contributed by atoms with Gasteiger partial charge < -0.3 is 15.3 Å². The molecule has 1 aromatic heterocycles. The number of aromatic carboxylic acids is 1. The van der Waals surface area contributed by atoms with Gasteiger partial charge in [0.15, 0.2) is 0 Å². The monoisotopic (exact) mass is 293 g/mol. The molecule has 0 aliphatic rings. The Morgan fingerprint density at radius 2 is 2.00 bits per heavy atom. The van der Waals surface area contributed by atoms with E-state index in [2.05, 4.69) is 10.3 Å². The van der Waals surface area contributed by atoms with Crippen molar-refractivity contribution in [2.75, 3.05) is 20.6 Å². The maximum absolute atomic E-state index is 12.2. The summed E-state index contributed by atoms with van der Waals surface area (Å²) in [5.74, 6) is -1.94. The first-order chi connectivity index (χ1) is 9.77. The Hall–Kier alpha value is -2.44. The van der Waals surface area contributed by atoms with Gasteiger partial charge in [-0.05, 0) is 19.1 Å². The van der Waals surface area contributed by atoms with Crippen molar-refractivity contribution < 1.29 is 19.5 Å². The summed E-state index contributed by atoms with van der Waals surface area (Å²) in [5.41, 5.74) is 0.498. The van der Waals surface area contributed by atoms with Crippen molar-refractivity contribution in [1.29, 1.82) is 0 Å². The summed E-state index contributed by atoms with van der Waals surface area (Å²) in [5, 5.41) is 11.5. The molecule has 0 aliphatic carbocycles. The number of hydrogen-bond acceptors (Lipinski definition) is 4. The van der Waals surface area contributed by atoms with E-state index < -0.39 is 5.97 Å². The predicted octanol–water partition coefficient (Wildman–Crippen LogP) is 0.542. The third-order valence-electron chi connectivity index (χ3n) is 3.12. The Morgan fingerprint density at radius 1 is 1.38 bits per heavy atom. The highest BCUT2D eigenvalue weighted by Crippen LogP contribution is 2.10. The molecule has 1 heterocycles. The number of carbonyl (C=O) groups is 3. The minimum atomic E-state index is -1.08. The average molecular weight is 293 g/mol. The Labute approximate surface area is 123 Å². The molecule has 21 heavy (non-hydrogen) atoms. The molecule has 7 heteroatoms. The molecule has 0 spiro atoms. The topological polar surface area (TPSA) is 99.6 Å². The van der Waals surface area contributed by atoms with Crippen LogP contribution in [0.25, 0.3) is 0 Å². The molecule has 1 atom stereocenters. The van der Waals surface area contributed by atoms with Crippen LogP contribution in [0.3, 0.4) is 0 Å². The van der Waals surface area contributed by atoms with Crippen molar-refractivity contribution in [2.45, 2.75) is 13.8 Å². The second-order valence-electron chi connectivity index (χ2n) is 4.84. The van der Waals surface area contributed by atoms with Crippen LogP contribution in [0.2, 0.25) is 0 Å². The maximum Gasteiger partial charge on any atom is 0.337 e. The molecule has 0 aromatic carbocycles. The zero-order chi connectivity index (χ0) is 16.2. The normalized spacial score (nSPS) is 11.6. The third-order valence-corrected chi connectivity index (χ3v) is 3.12. The predicted molar refractivity (Wildman–Crippen MR) is 76.1 cm³/mol. The lowest BCUT2D eigenvalue weighted by molar-refractivity contribution is -0.124. The lowest BCUT2D eigenvalue weighted by Gasteiger charge is -2.20. The number of nitrogens with one attached hydrogen (secondary N) is 1. The quantitative estimate of drug-likeness (QED) is 0.825. The standard InChI is InChI=1S/C14H19N3O4/c1-8(12(18)15-3)7-17(4)13(19)11-6-5-10(14(20)21)9(2)16-11/h5-6,8H,7H2,1-4H3,(H,15,18)(H,20,21). The molecule has 2 N–H and O–H groups in total. The van der Waals surface area contributed by atoms with Crippen molar-refractivity contribution in [3.63, 3.8) is 0 Å². The Morgan fingerprint density at radius 3 is 2.48 bits per heavy atom. The number of carbonyl (C=O) groups excluding carboxylic acids is 2. The van der Waals surface area contributed by atoms with E-state index in [1.807, 2.05) is 0 Å². The van der Waals surface area contributed by atoms with Crippen LogP contribution >= 0.6 is 0 Å². The lowest BCUT2D eigenvalue weighted by atomic mass is 10.1. The highest BCUT2D eigenvalue weighted by atomic mass is 16.4. The van der Waals surface area contributed by atoms with Crippen molar-refractivity contribution in [2.24, 2.45) is 5.92 Å². The van der Waals surface area contributed by atoms with Crippen LogP contribution in [0, 0.1) is 12.8 Å². The molecule has 1 rings (SSSR count). The number of carboxylic acid groups (broad SMARTS) is 1. The summed E-state index contributed by atoms with van der Waals surface area (Å²) in [6.07, 6.45) is 0. The van der Waals surface area contributed by atoms with Crippen LogP contribution in [0.1, 0.15) is 33.5 Å². The number of hydrogen-bond donors (Lipinski definition) is 2. The van der Waals surface area contributed by atoms with Crippen LogP contribution in [-0.2, 0) is 4.79 Å². The summed E-state index contributed by atoms with van der Waals surface area (Å²) < 4.78 is 0. The molecule has 1 aromatic rings. The zero-order valence-corrected chi connectivity index (χ0v) is 12.5. The fraction of sp³-hybridized carbons (Fsp3) is 0.429. The number of aromatic nitrogens is 1. The fourth-order valence-electron chi connectivity index (χ4n) is 1.92. The first-order valence-corrected chi connectivity index (χ1v) is 6.46. The molecule has 0 radical (unpaired) electrons. The maximum atomic E-state index is 12.2. The number of pyridine rings is 1. The second kappa shape index (κ2) is 6.83. The summed E-state index contributed by atoms with van der Waals surface area (Å²) in [4.78, 5) is 40.0. The molecule has 0 saturated carbocycles. The second-order valence-corrected chi connectivity index (χ2v) is 4.84. The fourth-order valence-corrected chi connectivity index (χ4v) is 1.92. The molecule has 0 bridgehead atoms. The Kier molecular flexibility index (Phi) is 5.40. The van der Waals surface area contributed by atoms with Crippen LogP contribution in [0.4, 0.5) is 0 Å². The van der Waals surface area contributed by atoms with Crippen molar-refractivity contribution >= 4 is 17.8 Å². The lowest BCUT2D eigenvalue weighted by Crippen LogP contribution is -2.37. The Balaban J connectivity index is 2.86. The summed E-state index contributed by atoms with van der Waals surface area (Å²) in [6, 6.07) is 2.73. The molecule has 2 amide bonds. The first kappa shape index (κ1) is 16.6. The van der Waals surface area contributed by atoms with Gasteiger partial charge in [-0.25, -0.2) is 9.78 Å². The number of aryl methyl sites for hydroxylation is 1. The van der Waals surface area contributed by atoms with Gasteiger partial charge in [-0.1, -0.05) is 6.92 Å². The van der Waals surface area contributed by atoms with Crippen LogP contribution in [0.5, 0.6) is 0 Å². The highest BCUT2D eigenvalue weighted by Gasteiger charge is 2.20. The molecular weight excluding hydrogens is 274 g/mol. The SMILES string of the molecule is CNC(=O)C(C)CN(C)C(=O)c1ccc(C(=O)O)c(C)n1. The largest absolute Gasteiger partial charge is 0.478 e. The van der Waals surface area contributed by atoms with Gasteiger partial charge in [0.05, 0.1) is 17.2 Å². The number of carboxylic acids is 1. The summed E-state index contributed by atoms with van der Waals surface area (Å²) in [7, 11) is 3.11. The van der Waals surface area contributed by atoms with E-state index in [0.717, 1.165) is 0 Å². The minimum Gasteiger partial charge on any atom is -0.478 e. The van der Waals surface area contributed by atoms with Crippen LogP contribution < -0.4 is 5.32 Å². The van der Waals surface area contributed by atoms with Crippen LogP contribution in [-0.4, -0.2) is 53.4 Å². The zero-order valence-electron chi connectivity index (χ0n) is 12.5. The van der Waals surface area contributed by atoms with Crippen molar-refractivity contribution in [3.8, 4) is 0 Å². The summed E-state index contributed by atoms with van der Waals surface area (Å²) >= 11 is 0.